The summed E-state index contributed by atoms with van der Waals surface area (Å²) in [7, 11) is -4.08. The van der Waals surface area contributed by atoms with Gasteiger partial charge in [0, 0.05) is 18.3 Å². The third-order valence-electron chi connectivity index (χ3n) is 4.80. The predicted molar refractivity (Wildman–Crippen MR) is 115 cm³/mol. The van der Waals surface area contributed by atoms with Gasteiger partial charge in [-0.05, 0) is 48.4 Å². The maximum Gasteiger partial charge on any atom is 0.261 e. The molecule has 0 saturated carbocycles. The molecule has 0 aliphatic carbocycles. The highest BCUT2D eigenvalue weighted by Gasteiger charge is 2.19. The van der Waals surface area contributed by atoms with Gasteiger partial charge in [0.2, 0.25) is 0 Å². The Morgan fingerprint density at radius 3 is 2.52 bits per heavy atom. The van der Waals surface area contributed by atoms with E-state index in [4.69, 9.17) is 5.73 Å². The molecule has 10 heteroatoms. The smallest absolute Gasteiger partial charge is 0.261 e. The average molecular weight is 443 g/mol. The van der Waals surface area contributed by atoms with Crippen molar-refractivity contribution in [1.82, 2.24) is 14.5 Å². The van der Waals surface area contributed by atoms with E-state index in [0.717, 1.165) is 30.7 Å². The zero-order chi connectivity index (χ0) is 22.2. The van der Waals surface area contributed by atoms with Crippen molar-refractivity contribution in [3.63, 3.8) is 0 Å². The van der Waals surface area contributed by atoms with E-state index >= 15 is 0 Å². The molecule has 160 valence electrons. The molecular weight excluding hydrogens is 424 g/mol. The molecule has 0 saturated heterocycles. The van der Waals surface area contributed by atoms with Crippen molar-refractivity contribution in [3.8, 4) is 11.1 Å². The number of aromatic nitrogens is 3. The highest BCUT2D eigenvalue weighted by molar-refractivity contribution is 7.92. The topological polar surface area (TPSA) is 103 Å². The van der Waals surface area contributed by atoms with Crippen LogP contribution in [0.4, 0.5) is 20.3 Å². The standard InChI is InChI=1S/C21H19F2N5O2S/c1-2-9-28-11-16(19-20(24)25-12-26-21(19)28)13-3-8-18(17(23)10-13)27-31(29,30)15-6-4-14(22)5-7-15/h3-8,10-12,27H,2,9H2,1H3,(H2,24,25,26). The van der Waals surface area contributed by atoms with Crippen LogP contribution in [0.5, 0.6) is 0 Å². The van der Waals surface area contributed by atoms with Crippen molar-refractivity contribution < 1.29 is 17.2 Å². The second kappa shape index (κ2) is 7.95. The second-order valence-electron chi connectivity index (χ2n) is 6.95. The van der Waals surface area contributed by atoms with Crippen LogP contribution in [0.15, 0.2) is 59.9 Å². The van der Waals surface area contributed by atoms with Crippen LogP contribution in [-0.4, -0.2) is 23.0 Å². The minimum atomic E-state index is -4.08. The van der Waals surface area contributed by atoms with Gasteiger partial charge in [-0.3, -0.25) is 4.72 Å². The van der Waals surface area contributed by atoms with Gasteiger partial charge >= 0.3 is 0 Å². The summed E-state index contributed by atoms with van der Waals surface area (Å²) in [6.07, 6.45) is 4.07. The van der Waals surface area contributed by atoms with E-state index in [-0.39, 0.29) is 16.4 Å². The Labute approximate surface area is 177 Å². The fourth-order valence-electron chi connectivity index (χ4n) is 3.36. The fraction of sp³-hybridized carbons (Fsp3) is 0.143. The summed E-state index contributed by atoms with van der Waals surface area (Å²) >= 11 is 0. The van der Waals surface area contributed by atoms with Crippen molar-refractivity contribution in [2.75, 3.05) is 10.5 Å². The normalized spacial score (nSPS) is 11.7. The molecule has 2 aromatic heterocycles. The Balaban J connectivity index is 1.72. The van der Waals surface area contributed by atoms with Gasteiger partial charge in [0.05, 0.1) is 16.0 Å². The van der Waals surface area contributed by atoms with Gasteiger partial charge in [-0.1, -0.05) is 13.0 Å². The van der Waals surface area contributed by atoms with Crippen molar-refractivity contribution >= 4 is 32.6 Å². The van der Waals surface area contributed by atoms with Crippen molar-refractivity contribution in [2.24, 2.45) is 0 Å². The summed E-state index contributed by atoms with van der Waals surface area (Å²) in [5.41, 5.74) is 7.62. The first-order chi connectivity index (χ1) is 14.8. The minimum absolute atomic E-state index is 0.176. The number of anilines is 2. The van der Waals surface area contributed by atoms with Gasteiger partial charge in [0.15, 0.2) is 0 Å². The Bertz CT molecular complexity index is 1370. The monoisotopic (exact) mass is 443 g/mol. The molecule has 0 unspecified atom stereocenters. The number of hydrogen-bond donors (Lipinski definition) is 2. The average Bonchev–Trinajstić information content (AvgIpc) is 3.10. The SMILES string of the molecule is CCCn1cc(-c2ccc(NS(=O)(=O)c3ccc(F)cc3)c(F)c2)c2c(N)ncnc21. The Morgan fingerprint density at radius 2 is 1.84 bits per heavy atom. The highest BCUT2D eigenvalue weighted by atomic mass is 32.2. The van der Waals surface area contributed by atoms with Crippen LogP contribution in [0.25, 0.3) is 22.2 Å². The lowest BCUT2D eigenvalue weighted by Gasteiger charge is -2.10. The molecule has 0 aliphatic rings. The third kappa shape index (κ3) is 3.93. The number of nitrogens with one attached hydrogen (secondary N) is 1. The number of fused-ring (bicyclic) bond motifs is 1. The minimum Gasteiger partial charge on any atom is -0.383 e. The summed E-state index contributed by atoms with van der Waals surface area (Å²) in [4.78, 5) is 8.16. The van der Waals surface area contributed by atoms with E-state index in [0.29, 0.717) is 28.7 Å². The van der Waals surface area contributed by atoms with Crippen molar-refractivity contribution in [1.29, 1.82) is 0 Å². The second-order valence-corrected chi connectivity index (χ2v) is 8.63. The molecule has 0 spiro atoms. The lowest BCUT2D eigenvalue weighted by molar-refractivity contribution is 0.597. The zero-order valence-electron chi connectivity index (χ0n) is 16.5. The van der Waals surface area contributed by atoms with E-state index in [9.17, 15) is 17.2 Å². The van der Waals surface area contributed by atoms with Crippen LogP contribution >= 0.6 is 0 Å². The maximum atomic E-state index is 14.8. The number of benzene rings is 2. The first kappa shape index (κ1) is 20.7. The first-order valence-corrected chi connectivity index (χ1v) is 11.0. The number of aryl methyl sites for hydroxylation is 1. The molecule has 0 radical (unpaired) electrons. The van der Waals surface area contributed by atoms with E-state index < -0.39 is 21.7 Å². The first-order valence-electron chi connectivity index (χ1n) is 9.48. The number of nitrogen functional groups attached to an aromatic ring is 1. The van der Waals surface area contributed by atoms with Crippen molar-refractivity contribution in [3.05, 3.63) is 66.6 Å². The molecule has 7 nitrogen and oxygen atoms in total. The molecule has 3 N–H and O–H groups in total. The van der Waals surface area contributed by atoms with Crippen LogP contribution in [-0.2, 0) is 16.6 Å². The largest absolute Gasteiger partial charge is 0.383 e. The summed E-state index contributed by atoms with van der Waals surface area (Å²) in [5.74, 6) is -1.06. The molecule has 4 aromatic rings. The quantitative estimate of drug-likeness (QED) is 0.466. The summed E-state index contributed by atoms with van der Waals surface area (Å²) < 4.78 is 57.0. The van der Waals surface area contributed by atoms with Crippen LogP contribution in [0.1, 0.15) is 13.3 Å². The molecule has 0 fully saturated rings. The molecule has 0 amide bonds. The molecule has 2 heterocycles. The number of halogens is 2. The molecule has 0 aliphatic heterocycles. The van der Waals surface area contributed by atoms with E-state index in [2.05, 4.69) is 14.7 Å². The van der Waals surface area contributed by atoms with Gasteiger partial charge in [0.25, 0.3) is 10.0 Å². The van der Waals surface area contributed by atoms with E-state index in [1.165, 1.54) is 18.5 Å². The van der Waals surface area contributed by atoms with Crippen LogP contribution < -0.4 is 10.5 Å². The lowest BCUT2D eigenvalue weighted by atomic mass is 10.1. The van der Waals surface area contributed by atoms with Gasteiger partial charge in [0.1, 0.15) is 29.4 Å². The predicted octanol–water partition coefficient (Wildman–Crippen LogP) is 4.17. The summed E-state index contributed by atoms with van der Waals surface area (Å²) in [6, 6.07) is 8.39. The number of hydrogen-bond acceptors (Lipinski definition) is 5. The van der Waals surface area contributed by atoms with Gasteiger partial charge in [-0.15, -0.1) is 0 Å². The molecular formula is C21H19F2N5O2S. The summed E-state index contributed by atoms with van der Waals surface area (Å²) in [5, 5.41) is 0.606. The number of sulfonamides is 1. The fourth-order valence-corrected chi connectivity index (χ4v) is 4.43. The highest BCUT2D eigenvalue weighted by Crippen LogP contribution is 2.34. The third-order valence-corrected chi connectivity index (χ3v) is 6.18. The molecule has 0 atom stereocenters. The van der Waals surface area contributed by atoms with E-state index in [1.807, 2.05) is 17.7 Å². The van der Waals surface area contributed by atoms with Crippen molar-refractivity contribution in [2.45, 2.75) is 24.8 Å². The number of rotatable bonds is 6. The molecule has 4 rings (SSSR count). The van der Waals surface area contributed by atoms with Crippen LogP contribution in [0.2, 0.25) is 0 Å². The number of nitrogens with two attached hydrogens (primary N) is 1. The Morgan fingerprint density at radius 1 is 1.10 bits per heavy atom. The molecule has 31 heavy (non-hydrogen) atoms. The molecule has 2 aromatic carbocycles. The molecule has 0 bridgehead atoms. The lowest BCUT2D eigenvalue weighted by Crippen LogP contribution is -2.14. The van der Waals surface area contributed by atoms with E-state index in [1.54, 1.807) is 6.07 Å². The summed E-state index contributed by atoms with van der Waals surface area (Å²) in [6.45, 7) is 2.72. The van der Waals surface area contributed by atoms with Crippen LogP contribution in [0, 0.1) is 11.6 Å². The maximum absolute atomic E-state index is 14.8. The Kier molecular flexibility index (Phi) is 5.32. The van der Waals surface area contributed by atoms with Gasteiger partial charge < -0.3 is 10.3 Å². The van der Waals surface area contributed by atoms with Crippen LogP contribution in [0.3, 0.4) is 0 Å². The van der Waals surface area contributed by atoms with Gasteiger partial charge in [-0.2, -0.15) is 0 Å². The van der Waals surface area contributed by atoms with Gasteiger partial charge in [-0.25, -0.2) is 27.2 Å². The number of nitrogens with zero attached hydrogens (tertiary/aromatic N) is 3. The zero-order valence-corrected chi connectivity index (χ0v) is 17.3. The Hall–Kier alpha value is -3.53.